The van der Waals surface area contributed by atoms with Gasteiger partial charge in [0.25, 0.3) is 0 Å². The predicted octanol–water partition coefficient (Wildman–Crippen LogP) is 0.643. The van der Waals surface area contributed by atoms with Gasteiger partial charge in [0, 0.05) is 38.6 Å². The number of nitrogen functional groups attached to an aromatic ring is 1. The highest BCUT2D eigenvalue weighted by atomic mass is 35.5. The molecule has 1 saturated heterocycles. The summed E-state index contributed by atoms with van der Waals surface area (Å²) < 4.78 is 26.4. The Morgan fingerprint density at radius 2 is 1.95 bits per heavy atom. The molecule has 1 aliphatic rings. The zero-order valence-electron chi connectivity index (χ0n) is 10.7. The fraction of sp³-hybridized carbons (Fsp3) is 0.545. The van der Waals surface area contributed by atoms with Crippen molar-refractivity contribution in [1.82, 2.24) is 14.2 Å². The Kier molecular flexibility index (Phi) is 4.29. The van der Waals surface area contributed by atoms with Gasteiger partial charge >= 0.3 is 0 Å². The first-order valence-electron chi connectivity index (χ1n) is 6.08. The maximum atomic E-state index is 12.5. The molecule has 1 aliphatic heterocycles. The molecule has 0 unspecified atom stereocenters. The van der Waals surface area contributed by atoms with Crippen LogP contribution in [0.3, 0.4) is 0 Å². The molecule has 0 aliphatic carbocycles. The monoisotopic (exact) mass is 304 g/mol. The van der Waals surface area contributed by atoms with Crippen LogP contribution < -0.4 is 5.73 Å². The Hall–Kier alpha value is -0.890. The molecule has 0 spiro atoms. The lowest BCUT2D eigenvalue weighted by atomic mass is 10.4. The van der Waals surface area contributed by atoms with Crippen molar-refractivity contribution >= 4 is 27.3 Å². The standard InChI is InChI=1S/C11H17ClN4O2S/c1-2-15-3-5-16(6-4-15)19(17,18)10-8-14-7-9(12)11(10)13/h7-8H,2-6H2,1H3,(H2,13,14). The van der Waals surface area contributed by atoms with Crippen molar-refractivity contribution in [2.24, 2.45) is 0 Å². The lowest BCUT2D eigenvalue weighted by Gasteiger charge is -2.33. The van der Waals surface area contributed by atoms with Crippen molar-refractivity contribution in [3.63, 3.8) is 0 Å². The highest BCUT2D eigenvalue weighted by Gasteiger charge is 2.30. The van der Waals surface area contributed by atoms with E-state index in [0.717, 1.165) is 19.6 Å². The second kappa shape index (κ2) is 5.62. The van der Waals surface area contributed by atoms with Gasteiger partial charge in [-0.05, 0) is 6.54 Å². The Labute approximate surface area is 118 Å². The summed E-state index contributed by atoms with van der Waals surface area (Å²) in [6, 6.07) is 0. The Morgan fingerprint density at radius 1 is 1.32 bits per heavy atom. The fourth-order valence-electron chi connectivity index (χ4n) is 2.06. The van der Waals surface area contributed by atoms with E-state index in [1.807, 2.05) is 0 Å². The smallest absolute Gasteiger partial charge is 0.246 e. The third-order valence-electron chi connectivity index (χ3n) is 3.30. The molecule has 8 heteroatoms. The topological polar surface area (TPSA) is 79.5 Å². The van der Waals surface area contributed by atoms with Gasteiger partial charge in [0.05, 0.1) is 10.7 Å². The Morgan fingerprint density at radius 3 is 2.53 bits per heavy atom. The van der Waals surface area contributed by atoms with Crippen LogP contribution in [0.1, 0.15) is 6.92 Å². The van der Waals surface area contributed by atoms with E-state index in [1.165, 1.54) is 16.7 Å². The molecule has 0 amide bonds. The molecule has 1 aromatic heterocycles. The second-order valence-corrected chi connectivity index (χ2v) is 6.69. The molecular formula is C11H17ClN4O2S. The van der Waals surface area contributed by atoms with Crippen LogP contribution >= 0.6 is 11.6 Å². The predicted molar refractivity (Wildman–Crippen MR) is 74.5 cm³/mol. The van der Waals surface area contributed by atoms with E-state index in [2.05, 4.69) is 16.8 Å². The number of anilines is 1. The maximum absolute atomic E-state index is 12.5. The SMILES string of the molecule is CCN1CCN(S(=O)(=O)c2cncc(Cl)c2N)CC1. The number of halogens is 1. The first-order valence-corrected chi connectivity index (χ1v) is 7.90. The second-order valence-electron chi connectivity index (χ2n) is 4.37. The van der Waals surface area contributed by atoms with Crippen molar-refractivity contribution in [1.29, 1.82) is 0 Å². The van der Waals surface area contributed by atoms with Gasteiger partial charge in [0.1, 0.15) is 4.90 Å². The minimum Gasteiger partial charge on any atom is -0.396 e. The minimum atomic E-state index is -3.61. The number of nitrogens with zero attached hydrogens (tertiary/aromatic N) is 3. The van der Waals surface area contributed by atoms with Gasteiger partial charge in [-0.1, -0.05) is 18.5 Å². The van der Waals surface area contributed by atoms with Crippen molar-refractivity contribution in [2.45, 2.75) is 11.8 Å². The zero-order chi connectivity index (χ0) is 14.0. The summed E-state index contributed by atoms with van der Waals surface area (Å²) in [5, 5.41) is 0.160. The van der Waals surface area contributed by atoms with Crippen molar-refractivity contribution in [2.75, 3.05) is 38.5 Å². The van der Waals surface area contributed by atoms with Gasteiger partial charge in [-0.2, -0.15) is 4.31 Å². The van der Waals surface area contributed by atoms with Crippen molar-refractivity contribution in [3.8, 4) is 0 Å². The molecule has 0 atom stereocenters. The van der Waals surface area contributed by atoms with Gasteiger partial charge in [-0.15, -0.1) is 0 Å². The molecule has 0 aromatic carbocycles. The molecule has 2 heterocycles. The number of aromatic nitrogens is 1. The van der Waals surface area contributed by atoms with Gasteiger partial charge in [0.15, 0.2) is 0 Å². The molecule has 1 fully saturated rings. The minimum absolute atomic E-state index is 0.00931. The van der Waals surface area contributed by atoms with Crippen molar-refractivity contribution < 1.29 is 8.42 Å². The third kappa shape index (κ3) is 2.84. The summed E-state index contributed by atoms with van der Waals surface area (Å²) in [6.07, 6.45) is 2.59. The normalized spacial score (nSPS) is 18.6. The molecule has 1 aromatic rings. The number of sulfonamides is 1. The third-order valence-corrected chi connectivity index (χ3v) is 5.53. The average molecular weight is 305 g/mol. The number of hydrogen-bond donors (Lipinski definition) is 1. The maximum Gasteiger partial charge on any atom is 0.246 e. The molecule has 19 heavy (non-hydrogen) atoms. The van der Waals surface area contributed by atoms with Crippen LogP contribution in [0.5, 0.6) is 0 Å². The first kappa shape index (κ1) is 14.5. The Bertz CT molecular complexity index is 556. The van der Waals surface area contributed by atoms with Crippen molar-refractivity contribution in [3.05, 3.63) is 17.4 Å². The fourth-order valence-corrected chi connectivity index (χ4v) is 3.78. The van der Waals surface area contributed by atoms with Crippen LogP contribution in [0.4, 0.5) is 5.69 Å². The number of pyridine rings is 1. The van der Waals surface area contributed by atoms with Crippen LogP contribution in [0.2, 0.25) is 5.02 Å². The first-order chi connectivity index (χ1) is 8.96. The van der Waals surface area contributed by atoms with E-state index in [0.29, 0.717) is 13.1 Å². The Balaban J connectivity index is 2.26. The molecule has 0 bridgehead atoms. The molecule has 106 valence electrons. The summed E-state index contributed by atoms with van der Waals surface area (Å²) in [4.78, 5) is 6.00. The van der Waals surface area contributed by atoms with Crippen LogP contribution in [0.25, 0.3) is 0 Å². The molecular weight excluding hydrogens is 288 g/mol. The summed E-state index contributed by atoms with van der Waals surface area (Å²) in [7, 11) is -3.61. The number of hydrogen-bond acceptors (Lipinski definition) is 5. The lowest BCUT2D eigenvalue weighted by Crippen LogP contribution is -2.48. The number of likely N-dealkylation sites (N-methyl/N-ethyl adjacent to an activating group) is 1. The van der Waals surface area contributed by atoms with E-state index in [4.69, 9.17) is 17.3 Å². The van der Waals surface area contributed by atoms with Gasteiger partial charge in [0.2, 0.25) is 10.0 Å². The molecule has 0 saturated carbocycles. The number of nitrogens with two attached hydrogens (primary N) is 1. The summed E-state index contributed by atoms with van der Waals surface area (Å²) in [6.45, 7) is 5.36. The highest BCUT2D eigenvalue weighted by molar-refractivity contribution is 7.89. The molecule has 2 N–H and O–H groups in total. The summed E-state index contributed by atoms with van der Waals surface area (Å²) >= 11 is 5.83. The summed E-state index contributed by atoms with van der Waals surface area (Å²) in [5.74, 6) is 0. The lowest BCUT2D eigenvalue weighted by molar-refractivity contribution is 0.196. The number of rotatable bonds is 3. The number of piperazine rings is 1. The summed E-state index contributed by atoms with van der Waals surface area (Å²) in [5.41, 5.74) is 5.81. The molecule has 0 radical (unpaired) electrons. The van der Waals surface area contributed by atoms with Crippen LogP contribution in [-0.2, 0) is 10.0 Å². The van der Waals surface area contributed by atoms with Crippen LogP contribution in [-0.4, -0.2) is 55.3 Å². The van der Waals surface area contributed by atoms with Gasteiger partial charge < -0.3 is 10.6 Å². The van der Waals surface area contributed by atoms with Gasteiger partial charge in [-0.25, -0.2) is 8.42 Å². The van der Waals surface area contributed by atoms with Gasteiger partial charge in [-0.3, -0.25) is 4.98 Å². The largest absolute Gasteiger partial charge is 0.396 e. The quantitative estimate of drug-likeness (QED) is 0.886. The average Bonchev–Trinajstić information content (AvgIpc) is 2.41. The van der Waals surface area contributed by atoms with E-state index >= 15 is 0 Å². The zero-order valence-corrected chi connectivity index (χ0v) is 12.3. The molecule has 2 rings (SSSR count). The highest BCUT2D eigenvalue weighted by Crippen LogP contribution is 2.27. The van der Waals surface area contributed by atoms with E-state index in [1.54, 1.807) is 0 Å². The van der Waals surface area contributed by atoms with Crippen LogP contribution in [0.15, 0.2) is 17.3 Å². The molecule has 6 nitrogen and oxygen atoms in total. The van der Waals surface area contributed by atoms with Crippen LogP contribution in [0, 0.1) is 0 Å². The van der Waals surface area contributed by atoms with E-state index in [9.17, 15) is 8.42 Å². The van der Waals surface area contributed by atoms with E-state index in [-0.39, 0.29) is 15.6 Å². The van der Waals surface area contributed by atoms with E-state index < -0.39 is 10.0 Å².